The first kappa shape index (κ1) is 30.9. The Labute approximate surface area is 247 Å². The average Bonchev–Trinajstić information content (AvgIpc) is 2.96. The molecule has 0 fully saturated rings. The van der Waals surface area contributed by atoms with Crippen molar-refractivity contribution in [3.05, 3.63) is 94.3 Å². The number of ether oxygens (including phenoxy) is 4. The van der Waals surface area contributed by atoms with Gasteiger partial charge in [-0.25, -0.2) is 14.0 Å². The Bertz CT molecular complexity index is 1430. The quantitative estimate of drug-likeness (QED) is 0.257. The van der Waals surface area contributed by atoms with E-state index in [2.05, 4.69) is 0 Å². The van der Waals surface area contributed by atoms with Crippen molar-refractivity contribution >= 4 is 12.1 Å². The highest BCUT2D eigenvalue weighted by Crippen LogP contribution is 2.42. The summed E-state index contributed by atoms with van der Waals surface area (Å²) in [5.41, 5.74) is 3.46. The second kappa shape index (κ2) is 12.8. The summed E-state index contributed by atoms with van der Waals surface area (Å²) in [7, 11) is 2.79. The SMILES string of the molecule is COC(=O)c1cc(C2CC(CCN(C(=O)OC(C)(C)C)C(C)c3ccc(F)c(OC)c3)Oc3ccccc32)ccc1C. The highest BCUT2D eigenvalue weighted by Gasteiger charge is 2.33. The minimum Gasteiger partial charge on any atom is -0.494 e. The molecule has 0 saturated carbocycles. The lowest BCUT2D eigenvalue weighted by molar-refractivity contribution is 0.0140. The van der Waals surface area contributed by atoms with Crippen molar-refractivity contribution < 1.29 is 32.9 Å². The predicted molar refractivity (Wildman–Crippen MR) is 159 cm³/mol. The zero-order valence-corrected chi connectivity index (χ0v) is 25.4. The molecule has 0 spiro atoms. The number of carbonyl (C=O) groups is 2. The van der Waals surface area contributed by atoms with Crippen molar-refractivity contribution in [2.45, 2.75) is 71.1 Å². The summed E-state index contributed by atoms with van der Waals surface area (Å²) in [6, 6.07) is 18.0. The number of fused-ring (bicyclic) bond motifs is 1. The molecule has 0 aliphatic carbocycles. The Morgan fingerprint density at radius 1 is 1.07 bits per heavy atom. The highest BCUT2D eigenvalue weighted by molar-refractivity contribution is 5.91. The molecule has 3 atom stereocenters. The average molecular weight is 578 g/mol. The van der Waals surface area contributed by atoms with Gasteiger partial charge >= 0.3 is 12.1 Å². The molecule has 3 aromatic rings. The van der Waals surface area contributed by atoms with E-state index < -0.39 is 23.6 Å². The monoisotopic (exact) mass is 577 g/mol. The van der Waals surface area contributed by atoms with Crippen LogP contribution in [0.5, 0.6) is 11.5 Å². The van der Waals surface area contributed by atoms with Crippen molar-refractivity contribution in [3.8, 4) is 11.5 Å². The minimum atomic E-state index is -0.691. The van der Waals surface area contributed by atoms with Crippen LogP contribution in [-0.2, 0) is 9.47 Å². The van der Waals surface area contributed by atoms with Crippen molar-refractivity contribution in [1.82, 2.24) is 4.90 Å². The fraction of sp³-hybridized carbons (Fsp3) is 0.412. The molecule has 42 heavy (non-hydrogen) atoms. The van der Waals surface area contributed by atoms with Crippen LogP contribution in [0.4, 0.5) is 9.18 Å². The molecule has 1 heterocycles. The molecule has 7 nitrogen and oxygen atoms in total. The van der Waals surface area contributed by atoms with E-state index in [1.807, 2.05) is 77.1 Å². The summed E-state index contributed by atoms with van der Waals surface area (Å²) in [5.74, 6) is 0.0365. The number of nitrogens with zero attached hydrogens (tertiary/aromatic N) is 1. The number of benzene rings is 3. The van der Waals surface area contributed by atoms with Crippen molar-refractivity contribution in [2.75, 3.05) is 20.8 Å². The number of hydrogen-bond acceptors (Lipinski definition) is 6. The second-order valence-electron chi connectivity index (χ2n) is 11.7. The molecule has 1 aliphatic rings. The smallest absolute Gasteiger partial charge is 0.410 e. The Balaban J connectivity index is 1.61. The number of rotatable bonds is 8. The summed E-state index contributed by atoms with van der Waals surface area (Å²) >= 11 is 0. The number of esters is 1. The van der Waals surface area contributed by atoms with Crippen LogP contribution in [0.3, 0.4) is 0 Å². The molecule has 224 valence electrons. The van der Waals surface area contributed by atoms with Crippen LogP contribution in [0, 0.1) is 12.7 Å². The Morgan fingerprint density at radius 2 is 1.81 bits per heavy atom. The molecule has 0 aromatic heterocycles. The highest BCUT2D eigenvalue weighted by atomic mass is 19.1. The molecule has 3 aromatic carbocycles. The van der Waals surface area contributed by atoms with Crippen LogP contribution in [0.25, 0.3) is 0 Å². The van der Waals surface area contributed by atoms with Gasteiger partial charge in [0.1, 0.15) is 17.5 Å². The summed E-state index contributed by atoms with van der Waals surface area (Å²) in [4.78, 5) is 27.5. The van der Waals surface area contributed by atoms with E-state index in [4.69, 9.17) is 18.9 Å². The summed E-state index contributed by atoms with van der Waals surface area (Å²) in [6.07, 6.45) is 0.504. The van der Waals surface area contributed by atoms with E-state index >= 15 is 0 Å². The van der Waals surface area contributed by atoms with E-state index in [1.165, 1.54) is 20.3 Å². The van der Waals surface area contributed by atoms with Gasteiger partial charge in [-0.05, 0) is 82.0 Å². The van der Waals surface area contributed by atoms with Gasteiger partial charge in [0.2, 0.25) is 0 Å². The number of amides is 1. The fourth-order valence-electron chi connectivity index (χ4n) is 5.33. The van der Waals surface area contributed by atoms with E-state index in [-0.39, 0.29) is 23.7 Å². The molecular weight excluding hydrogens is 537 g/mol. The number of carbonyl (C=O) groups excluding carboxylic acids is 2. The van der Waals surface area contributed by atoms with Crippen LogP contribution in [0.1, 0.15) is 85.1 Å². The molecule has 3 unspecified atom stereocenters. The van der Waals surface area contributed by atoms with Gasteiger partial charge in [-0.1, -0.05) is 36.4 Å². The van der Waals surface area contributed by atoms with Gasteiger partial charge in [0.05, 0.1) is 25.8 Å². The predicted octanol–water partition coefficient (Wildman–Crippen LogP) is 7.60. The summed E-state index contributed by atoms with van der Waals surface area (Å²) < 4.78 is 36.5. The molecule has 0 bridgehead atoms. The molecule has 1 aliphatic heterocycles. The zero-order valence-electron chi connectivity index (χ0n) is 25.4. The first-order valence-corrected chi connectivity index (χ1v) is 14.2. The third-order valence-corrected chi connectivity index (χ3v) is 7.60. The van der Waals surface area contributed by atoms with Crippen molar-refractivity contribution in [3.63, 3.8) is 0 Å². The number of para-hydroxylation sites is 1. The van der Waals surface area contributed by atoms with Crippen LogP contribution < -0.4 is 9.47 Å². The van der Waals surface area contributed by atoms with Crippen LogP contribution in [-0.4, -0.2) is 49.4 Å². The molecule has 0 N–H and O–H groups in total. The minimum absolute atomic E-state index is 0.0160. The Hall–Kier alpha value is -4.07. The van der Waals surface area contributed by atoms with E-state index in [0.29, 0.717) is 24.9 Å². The van der Waals surface area contributed by atoms with E-state index in [0.717, 1.165) is 28.0 Å². The number of aryl methyl sites for hydroxylation is 1. The molecule has 1 amide bonds. The molecule has 0 radical (unpaired) electrons. The Kier molecular flexibility index (Phi) is 9.44. The first-order chi connectivity index (χ1) is 19.9. The molecule has 8 heteroatoms. The first-order valence-electron chi connectivity index (χ1n) is 14.2. The van der Waals surface area contributed by atoms with Gasteiger partial charge in [-0.15, -0.1) is 0 Å². The zero-order chi connectivity index (χ0) is 30.6. The Morgan fingerprint density at radius 3 is 2.50 bits per heavy atom. The molecule has 0 saturated heterocycles. The summed E-state index contributed by atoms with van der Waals surface area (Å²) in [5, 5.41) is 0. The number of halogens is 1. The molecule has 4 rings (SSSR count). The van der Waals surface area contributed by atoms with Gasteiger partial charge in [0.25, 0.3) is 0 Å². The number of methoxy groups -OCH3 is 2. The maximum atomic E-state index is 14.1. The largest absolute Gasteiger partial charge is 0.494 e. The topological polar surface area (TPSA) is 74.3 Å². The molecular formula is C34H40FNO6. The normalized spacial score (nSPS) is 17.0. The fourth-order valence-corrected chi connectivity index (χ4v) is 5.33. The lowest BCUT2D eigenvalue weighted by Crippen LogP contribution is -2.41. The van der Waals surface area contributed by atoms with Crippen molar-refractivity contribution in [1.29, 1.82) is 0 Å². The maximum Gasteiger partial charge on any atom is 0.410 e. The van der Waals surface area contributed by atoms with Crippen LogP contribution in [0.2, 0.25) is 0 Å². The van der Waals surface area contributed by atoms with Crippen LogP contribution in [0.15, 0.2) is 60.7 Å². The third-order valence-electron chi connectivity index (χ3n) is 7.60. The van der Waals surface area contributed by atoms with Crippen molar-refractivity contribution in [2.24, 2.45) is 0 Å². The lowest BCUT2D eigenvalue weighted by atomic mass is 9.82. The second-order valence-corrected chi connectivity index (χ2v) is 11.7. The number of hydrogen-bond donors (Lipinski definition) is 0. The standard InChI is InChI=1S/C34H40FNO6/c1-21-12-13-24(18-27(21)32(37)40-7)28-20-25(41-30-11-9-8-10-26(28)30)16-17-36(33(38)42-34(3,4)5)22(2)23-14-15-29(35)31(19-23)39-6/h8-15,18-19,22,25,28H,16-17,20H2,1-7H3. The van der Waals surface area contributed by atoms with E-state index in [1.54, 1.807) is 17.0 Å². The van der Waals surface area contributed by atoms with E-state index in [9.17, 15) is 14.0 Å². The van der Waals surface area contributed by atoms with Gasteiger partial charge in [-0.3, -0.25) is 0 Å². The van der Waals surface area contributed by atoms with Gasteiger partial charge in [0, 0.05) is 24.4 Å². The lowest BCUT2D eigenvalue weighted by Gasteiger charge is -2.36. The maximum absolute atomic E-state index is 14.1. The third kappa shape index (κ3) is 7.04. The summed E-state index contributed by atoms with van der Waals surface area (Å²) in [6.45, 7) is 9.59. The van der Waals surface area contributed by atoms with Crippen LogP contribution >= 0.6 is 0 Å². The van der Waals surface area contributed by atoms with Gasteiger partial charge in [0.15, 0.2) is 11.6 Å². The van der Waals surface area contributed by atoms with Gasteiger partial charge < -0.3 is 23.8 Å². The van der Waals surface area contributed by atoms with Gasteiger partial charge in [-0.2, -0.15) is 0 Å².